The molecular weight excluding hydrogens is 264 g/mol. The summed E-state index contributed by atoms with van der Waals surface area (Å²) in [6, 6.07) is 0. The number of hydrogen-bond acceptors (Lipinski definition) is 5. The molecule has 0 saturated heterocycles. The first kappa shape index (κ1) is 14.2. The van der Waals surface area contributed by atoms with Crippen LogP contribution in [0.5, 0.6) is 0 Å². The lowest BCUT2D eigenvalue weighted by Gasteiger charge is -2.22. The fourth-order valence-electron chi connectivity index (χ4n) is 1.94. The average Bonchev–Trinajstić information content (AvgIpc) is 3.10. The number of aliphatic hydroxyl groups is 1. The fraction of sp³-hybridized carbons (Fsp3) is 0.667. The van der Waals surface area contributed by atoms with E-state index in [1.54, 1.807) is 6.92 Å². The Balaban J connectivity index is 1.96. The van der Waals surface area contributed by atoms with Gasteiger partial charge < -0.3 is 16.2 Å². The van der Waals surface area contributed by atoms with Gasteiger partial charge in [0.2, 0.25) is 0 Å². The lowest BCUT2D eigenvalue weighted by molar-refractivity contribution is 0.0722. The highest BCUT2D eigenvalue weighted by atomic mass is 32.2. The van der Waals surface area contributed by atoms with E-state index in [4.69, 9.17) is 5.73 Å². The van der Waals surface area contributed by atoms with E-state index in [-0.39, 0.29) is 18.1 Å². The Kier molecular flexibility index (Phi) is 4.05. The molecule has 0 radical (unpaired) electrons. The monoisotopic (exact) mass is 284 g/mol. The van der Waals surface area contributed by atoms with Crippen LogP contribution in [-0.2, 0) is 0 Å². The minimum absolute atomic E-state index is 0.178. The molecule has 1 atom stereocenters. The minimum atomic E-state index is -0.931. The molecule has 0 aliphatic heterocycles. The van der Waals surface area contributed by atoms with Gasteiger partial charge in [0.25, 0.3) is 5.91 Å². The second-order valence-electron chi connectivity index (χ2n) is 5.29. The van der Waals surface area contributed by atoms with Crippen LogP contribution in [0.25, 0.3) is 0 Å². The van der Waals surface area contributed by atoms with Gasteiger partial charge in [0, 0.05) is 18.2 Å². The summed E-state index contributed by atoms with van der Waals surface area (Å²) in [6.07, 6.45) is 4.09. The number of amides is 1. The number of aromatic amines is 1. The van der Waals surface area contributed by atoms with Crippen molar-refractivity contribution in [2.75, 3.05) is 24.3 Å². The van der Waals surface area contributed by atoms with Crippen LogP contribution in [0, 0.1) is 0 Å². The van der Waals surface area contributed by atoms with Crippen molar-refractivity contribution in [1.29, 1.82) is 0 Å². The molecule has 5 N–H and O–H groups in total. The molecule has 2 rings (SSSR count). The van der Waals surface area contributed by atoms with Crippen molar-refractivity contribution in [3.05, 3.63) is 11.4 Å². The molecule has 1 amide bonds. The summed E-state index contributed by atoms with van der Waals surface area (Å²) >= 11 is 1.53. The predicted octanol–water partition coefficient (Wildman–Crippen LogP) is 0.713. The van der Waals surface area contributed by atoms with E-state index >= 15 is 0 Å². The van der Waals surface area contributed by atoms with Gasteiger partial charge in [-0.15, -0.1) is 0 Å². The van der Waals surface area contributed by atoms with Crippen molar-refractivity contribution in [3.63, 3.8) is 0 Å². The molecule has 1 aliphatic rings. The zero-order valence-electron chi connectivity index (χ0n) is 11.2. The molecular formula is C12H20N4O2S. The highest BCUT2D eigenvalue weighted by Crippen LogP contribution is 2.42. The van der Waals surface area contributed by atoms with E-state index in [0.717, 1.165) is 18.5 Å². The number of aromatic nitrogens is 2. The molecule has 0 bridgehead atoms. The zero-order chi connectivity index (χ0) is 14.0. The van der Waals surface area contributed by atoms with Gasteiger partial charge in [-0.1, -0.05) is 0 Å². The van der Waals surface area contributed by atoms with E-state index < -0.39 is 5.60 Å². The van der Waals surface area contributed by atoms with Gasteiger partial charge in [-0.05, 0) is 26.0 Å². The molecule has 6 nitrogen and oxygen atoms in total. The van der Waals surface area contributed by atoms with E-state index in [1.165, 1.54) is 11.8 Å². The average molecular weight is 284 g/mol. The van der Waals surface area contributed by atoms with Crippen LogP contribution in [0.1, 0.15) is 41.9 Å². The van der Waals surface area contributed by atoms with Crippen molar-refractivity contribution in [1.82, 2.24) is 15.5 Å². The van der Waals surface area contributed by atoms with Gasteiger partial charge >= 0.3 is 0 Å². The Morgan fingerprint density at radius 1 is 1.68 bits per heavy atom. The van der Waals surface area contributed by atoms with Crippen LogP contribution in [0.15, 0.2) is 0 Å². The first-order chi connectivity index (χ1) is 8.94. The molecule has 1 heterocycles. The maximum Gasteiger partial charge on any atom is 0.274 e. The predicted molar refractivity (Wildman–Crippen MR) is 76.3 cm³/mol. The summed E-state index contributed by atoms with van der Waals surface area (Å²) < 4.78 is 0. The molecule has 0 spiro atoms. The summed E-state index contributed by atoms with van der Waals surface area (Å²) in [4.78, 5) is 12.0. The van der Waals surface area contributed by atoms with Crippen molar-refractivity contribution < 1.29 is 9.90 Å². The Labute approximate surface area is 116 Å². The van der Waals surface area contributed by atoms with Crippen LogP contribution < -0.4 is 11.1 Å². The van der Waals surface area contributed by atoms with Crippen molar-refractivity contribution >= 4 is 23.4 Å². The number of nitrogen functional groups attached to an aromatic ring is 1. The number of nitrogens with one attached hydrogen (secondary N) is 2. The van der Waals surface area contributed by atoms with Crippen LogP contribution in [0.2, 0.25) is 0 Å². The summed E-state index contributed by atoms with van der Waals surface area (Å²) in [5.41, 5.74) is 6.51. The third-order valence-electron chi connectivity index (χ3n) is 3.12. The molecule has 1 aromatic rings. The maximum absolute atomic E-state index is 12.0. The van der Waals surface area contributed by atoms with Crippen molar-refractivity contribution in [3.8, 4) is 0 Å². The normalized spacial score (nSPS) is 18.1. The summed E-state index contributed by atoms with van der Waals surface area (Å²) in [5, 5.41) is 19.5. The SMILES string of the molecule is CSCC(C)(O)CNC(=O)c1n[nH]c(C2CC2)c1N. The summed E-state index contributed by atoms with van der Waals surface area (Å²) in [6.45, 7) is 1.87. The molecule has 1 aliphatic carbocycles. The maximum atomic E-state index is 12.0. The van der Waals surface area contributed by atoms with Crippen molar-refractivity contribution in [2.24, 2.45) is 0 Å². The number of thioether (sulfide) groups is 1. The Bertz CT molecular complexity index is 468. The summed E-state index contributed by atoms with van der Waals surface area (Å²) in [5.74, 6) is 0.632. The number of carbonyl (C=O) groups excluding carboxylic acids is 1. The van der Waals surface area contributed by atoms with Gasteiger partial charge in [-0.2, -0.15) is 16.9 Å². The minimum Gasteiger partial charge on any atom is -0.395 e. The second kappa shape index (κ2) is 5.42. The first-order valence-corrected chi connectivity index (χ1v) is 7.67. The molecule has 1 unspecified atom stereocenters. The summed E-state index contributed by atoms with van der Waals surface area (Å²) in [7, 11) is 0. The Hall–Kier alpha value is -1.21. The lowest BCUT2D eigenvalue weighted by atomic mass is 10.1. The quantitative estimate of drug-likeness (QED) is 0.616. The number of carbonyl (C=O) groups is 1. The largest absolute Gasteiger partial charge is 0.395 e. The van der Waals surface area contributed by atoms with Crippen LogP contribution in [0.3, 0.4) is 0 Å². The fourth-order valence-corrected chi connectivity index (χ4v) is 2.66. The van der Waals surface area contributed by atoms with E-state index in [0.29, 0.717) is 17.4 Å². The third-order valence-corrected chi connectivity index (χ3v) is 4.03. The Morgan fingerprint density at radius 2 is 2.37 bits per heavy atom. The Morgan fingerprint density at radius 3 is 2.95 bits per heavy atom. The highest BCUT2D eigenvalue weighted by Gasteiger charge is 2.30. The molecule has 1 saturated carbocycles. The van der Waals surface area contributed by atoms with Gasteiger partial charge in [-0.25, -0.2) is 0 Å². The van der Waals surface area contributed by atoms with Gasteiger partial charge in [0.1, 0.15) is 0 Å². The van der Waals surface area contributed by atoms with E-state index in [1.807, 2.05) is 6.26 Å². The van der Waals surface area contributed by atoms with Crippen LogP contribution in [0.4, 0.5) is 5.69 Å². The molecule has 106 valence electrons. The standard InChI is InChI=1S/C12H20N4O2S/c1-12(18,6-19-2)5-14-11(17)10-8(13)9(15-16-10)7-3-4-7/h7,18H,3-6,13H2,1-2H3,(H,14,17)(H,15,16). The number of nitrogens with zero attached hydrogens (tertiary/aromatic N) is 1. The third kappa shape index (κ3) is 3.42. The number of rotatable bonds is 6. The smallest absolute Gasteiger partial charge is 0.274 e. The molecule has 0 aromatic carbocycles. The van der Waals surface area contributed by atoms with Crippen LogP contribution in [-0.4, -0.2) is 45.4 Å². The zero-order valence-corrected chi connectivity index (χ0v) is 12.0. The second-order valence-corrected chi connectivity index (χ2v) is 6.15. The highest BCUT2D eigenvalue weighted by molar-refractivity contribution is 7.98. The lowest BCUT2D eigenvalue weighted by Crippen LogP contribution is -2.42. The number of anilines is 1. The van der Waals surface area contributed by atoms with Crippen LogP contribution >= 0.6 is 11.8 Å². The van der Waals surface area contributed by atoms with E-state index in [9.17, 15) is 9.90 Å². The number of nitrogens with two attached hydrogens (primary N) is 1. The molecule has 19 heavy (non-hydrogen) atoms. The van der Waals surface area contributed by atoms with Gasteiger partial charge in [-0.3, -0.25) is 9.89 Å². The molecule has 1 aromatic heterocycles. The molecule has 7 heteroatoms. The van der Waals surface area contributed by atoms with E-state index in [2.05, 4.69) is 15.5 Å². The topological polar surface area (TPSA) is 104 Å². The molecule has 1 fully saturated rings. The number of H-pyrrole nitrogens is 1. The van der Waals surface area contributed by atoms with Gasteiger partial charge in [0.15, 0.2) is 5.69 Å². The first-order valence-electron chi connectivity index (χ1n) is 6.28. The van der Waals surface area contributed by atoms with Gasteiger partial charge in [0.05, 0.1) is 17.0 Å². The van der Waals surface area contributed by atoms with Crippen molar-refractivity contribution in [2.45, 2.75) is 31.3 Å². The number of hydrogen-bond donors (Lipinski definition) is 4.